The van der Waals surface area contributed by atoms with E-state index in [0.717, 1.165) is 19.4 Å². The third-order valence-corrected chi connectivity index (χ3v) is 13.6. The van der Waals surface area contributed by atoms with Crippen molar-refractivity contribution in [1.29, 1.82) is 0 Å². The van der Waals surface area contributed by atoms with Crippen molar-refractivity contribution >= 4 is 22.1 Å². The van der Waals surface area contributed by atoms with Crippen molar-refractivity contribution in [3.05, 3.63) is 238 Å². The Bertz CT molecular complexity index is 3180. The van der Waals surface area contributed by atoms with Crippen LogP contribution in [0.15, 0.2) is 188 Å². The lowest BCUT2D eigenvalue weighted by Gasteiger charge is -2.31. The Balaban J connectivity index is 1.04. The van der Waals surface area contributed by atoms with Gasteiger partial charge in [0.15, 0.2) is 0 Å². The quantitative estimate of drug-likeness (QED) is 0.175. The molecule has 0 saturated carbocycles. The third-order valence-electron chi connectivity index (χ3n) is 13.6. The fourth-order valence-corrected chi connectivity index (χ4v) is 11.3. The summed E-state index contributed by atoms with van der Waals surface area (Å²) in [6.45, 7) is 0.748. The second-order valence-electron chi connectivity index (χ2n) is 16.3. The summed E-state index contributed by atoms with van der Waals surface area (Å²) < 4.78 is 0. The van der Waals surface area contributed by atoms with Gasteiger partial charge >= 0.3 is 0 Å². The minimum absolute atomic E-state index is 0.405. The molecule has 1 heteroatoms. The molecule has 0 amide bonds. The lowest BCUT2D eigenvalue weighted by atomic mass is 9.70. The van der Waals surface area contributed by atoms with E-state index in [2.05, 4.69) is 193 Å². The first kappa shape index (κ1) is 31.3. The molecule has 9 aromatic rings. The van der Waals surface area contributed by atoms with Gasteiger partial charge in [-0.1, -0.05) is 158 Å². The molecule has 4 aliphatic rings. The van der Waals surface area contributed by atoms with Crippen molar-refractivity contribution in [2.45, 2.75) is 24.8 Å². The summed E-state index contributed by atoms with van der Waals surface area (Å²) in [5.41, 5.74) is 25.5. The van der Waals surface area contributed by atoms with Crippen molar-refractivity contribution in [2.24, 2.45) is 0 Å². The van der Waals surface area contributed by atoms with E-state index < -0.39 is 5.41 Å². The molecule has 13 rings (SSSR count). The van der Waals surface area contributed by atoms with Crippen molar-refractivity contribution in [2.75, 3.05) is 4.90 Å². The molecule has 0 fully saturated rings. The first-order chi connectivity index (χ1) is 28.3. The van der Waals surface area contributed by atoms with Gasteiger partial charge in [-0.3, -0.25) is 0 Å². The molecule has 0 bridgehead atoms. The first-order valence-corrected chi connectivity index (χ1v) is 20.3. The van der Waals surface area contributed by atoms with Gasteiger partial charge in [-0.15, -0.1) is 0 Å². The number of hydrogen-bond donors (Lipinski definition) is 0. The zero-order valence-corrected chi connectivity index (χ0v) is 31.5. The molecule has 1 spiro atoms. The zero-order valence-electron chi connectivity index (χ0n) is 31.5. The van der Waals surface area contributed by atoms with E-state index in [0.29, 0.717) is 0 Å². The summed E-state index contributed by atoms with van der Waals surface area (Å²) in [5.74, 6) is 0. The van der Waals surface area contributed by atoms with Crippen molar-refractivity contribution in [1.82, 2.24) is 0 Å². The highest BCUT2D eigenvalue weighted by Crippen LogP contribution is 2.64. The van der Waals surface area contributed by atoms with Crippen LogP contribution >= 0.6 is 0 Å². The molecule has 0 aromatic heterocycles. The molecule has 1 nitrogen and oxygen atoms in total. The van der Waals surface area contributed by atoms with Gasteiger partial charge in [0.25, 0.3) is 0 Å². The molecule has 0 radical (unpaired) electrons. The van der Waals surface area contributed by atoms with Gasteiger partial charge in [-0.2, -0.15) is 0 Å². The Morgan fingerprint density at radius 1 is 0.386 bits per heavy atom. The Kier molecular flexibility index (Phi) is 6.33. The SMILES string of the molecule is c1ccc2c(c1)Cc1cc(N(Cc3cccc4c3-c3ccccc3C43c4ccccc4-c4cc5ccccc5cc43)c3cccc4c3Cc3ccccc3-4)ccc1-2. The van der Waals surface area contributed by atoms with Crippen LogP contribution in [0.5, 0.6) is 0 Å². The van der Waals surface area contributed by atoms with E-state index in [1.807, 2.05) is 0 Å². The van der Waals surface area contributed by atoms with E-state index >= 15 is 0 Å². The molecule has 0 heterocycles. The number of benzene rings is 9. The van der Waals surface area contributed by atoms with Crippen LogP contribution in [0.25, 0.3) is 55.3 Å². The predicted octanol–water partition coefficient (Wildman–Crippen LogP) is 13.7. The average Bonchev–Trinajstić information content (AvgIpc) is 4.00. The minimum atomic E-state index is -0.405. The Labute approximate surface area is 333 Å². The van der Waals surface area contributed by atoms with Crippen LogP contribution < -0.4 is 4.90 Å². The number of anilines is 2. The fourth-order valence-electron chi connectivity index (χ4n) is 11.3. The average molecular weight is 724 g/mol. The van der Waals surface area contributed by atoms with E-state index in [1.165, 1.54) is 117 Å². The van der Waals surface area contributed by atoms with E-state index in [4.69, 9.17) is 0 Å². The molecule has 0 N–H and O–H groups in total. The first-order valence-electron chi connectivity index (χ1n) is 20.3. The van der Waals surface area contributed by atoms with Gasteiger partial charge in [0, 0.05) is 24.3 Å². The van der Waals surface area contributed by atoms with Gasteiger partial charge in [0.2, 0.25) is 0 Å². The standard InChI is InChI=1S/C56H37N/c1-2-14-36-33-53-48(31-35(36)13-1)46-20-7-9-23-50(46)56(53)51-24-10-8-21-47(51)55-39(17-11-25-52(55)56)34-57(41-27-28-44-40(30-41)29-37-15-3-5-18-42(37)44)54-26-12-22-45-43-19-6-4-16-38(43)32-49(45)54/h1-28,30-31,33H,29,32,34H2. The van der Waals surface area contributed by atoms with Gasteiger partial charge in [-0.05, 0) is 142 Å². The molecule has 0 saturated heterocycles. The second kappa shape index (κ2) is 11.5. The highest BCUT2D eigenvalue weighted by molar-refractivity contribution is 6.00. The highest BCUT2D eigenvalue weighted by atomic mass is 15.1. The van der Waals surface area contributed by atoms with Crippen LogP contribution in [0.3, 0.4) is 0 Å². The van der Waals surface area contributed by atoms with Crippen molar-refractivity contribution < 1.29 is 0 Å². The molecule has 1 atom stereocenters. The summed E-state index contributed by atoms with van der Waals surface area (Å²) in [5, 5.41) is 2.57. The number of fused-ring (bicyclic) bond motifs is 17. The molecular formula is C56H37N. The fraction of sp³-hybridized carbons (Fsp3) is 0.0714. The smallest absolute Gasteiger partial charge is 0.0725 e. The Hall–Kier alpha value is -6.96. The third kappa shape index (κ3) is 4.18. The lowest BCUT2D eigenvalue weighted by Crippen LogP contribution is -2.26. The van der Waals surface area contributed by atoms with Crippen molar-refractivity contribution in [3.8, 4) is 44.5 Å². The maximum absolute atomic E-state index is 2.63. The molecular weight excluding hydrogens is 687 g/mol. The highest BCUT2D eigenvalue weighted by Gasteiger charge is 2.52. The van der Waals surface area contributed by atoms with Crippen LogP contribution in [0.2, 0.25) is 0 Å². The largest absolute Gasteiger partial charge is 0.337 e. The van der Waals surface area contributed by atoms with Crippen LogP contribution in [-0.4, -0.2) is 0 Å². The number of rotatable bonds is 4. The maximum atomic E-state index is 2.63. The molecule has 1 unspecified atom stereocenters. The molecule has 4 aliphatic carbocycles. The molecule has 57 heavy (non-hydrogen) atoms. The van der Waals surface area contributed by atoms with E-state index in [-0.39, 0.29) is 0 Å². The maximum Gasteiger partial charge on any atom is 0.0725 e. The van der Waals surface area contributed by atoms with Crippen LogP contribution in [0.1, 0.15) is 50.1 Å². The summed E-state index contributed by atoms with van der Waals surface area (Å²) in [4.78, 5) is 2.63. The molecule has 9 aromatic carbocycles. The number of hydrogen-bond acceptors (Lipinski definition) is 1. The van der Waals surface area contributed by atoms with E-state index in [1.54, 1.807) is 0 Å². The summed E-state index contributed by atoms with van der Waals surface area (Å²) in [6, 6.07) is 71.4. The Morgan fingerprint density at radius 2 is 0.982 bits per heavy atom. The van der Waals surface area contributed by atoms with Crippen LogP contribution in [0, 0.1) is 0 Å². The Morgan fingerprint density at radius 3 is 1.81 bits per heavy atom. The van der Waals surface area contributed by atoms with E-state index in [9.17, 15) is 0 Å². The molecule has 0 aliphatic heterocycles. The normalized spacial score (nSPS) is 15.7. The van der Waals surface area contributed by atoms with Crippen LogP contribution in [-0.2, 0) is 24.8 Å². The summed E-state index contributed by atoms with van der Waals surface area (Å²) in [6.07, 6.45) is 1.91. The summed E-state index contributed by atoms with van der Waals surface area (Å²) >= 11 is 0. The van der Waals surface area contributed by atoms with Gasteiger partial charge in [0.05, 0.1) is 5.41 Å². The number of nitrogens with zero attached hydrogens (tertiary/aromatic N) is 1. The minimum Gasteiger partial charge on any atom is -0.337 e. The van der Waals surface area contributed by atoms with Crippen molar-refractivity contribution in [3.63, 3.8) is 0 Å². The summed E-state index contributed by atoms with van der Waals surface area (Å²) in [7, 11) is 0. The van der Waals surface area contributed by atoms with Gasteiger partial charge in [0.1, 0.15) is 0 Å². The molecule has 266 valence electrons. The van der Waals surface area contributed by atoms with Gasteiger partial charge < -0.3 is 4.90 Å². The topological polar surface area (TPSA) is 3.24 Å². The van der Waals surface area contributed by atoms with Crippen LogP contribution in [0.4, 0.5) is 11.4 Å². The second-order valence-corrected chi connectivity index (χ2v) is 16.3. The predicted molar refractivity (Wildman–Crippen MR) is 235 cm³/mol. The zero-order chi connectivity index (χ0) is 37.2. The van der Waals surface area contributed by atoms with Gasteiger partial charge in [-0.25, -0.2) is 0 Å². The lowest BCUT2D eigenvalue weighted by molar-refractivity contribution is 0.793. The monoisotopic (exact) mass is 723 g/mol.